The third kappa shape index (κ3) is 2.60. The van der Waals surface area contributed by atoms with Crippen LogP contribution in [0.2, 0.25) is 0 Å². The zero-order chi connectivity index (χ0) is 16.9. The van der Waals surface area contributed by atoms with Crippen molar-refractivity contribution >= 4 is 21.1 Å². The smallest absolute Gasteiger partial charge is 0.328 e. The molecule has 8 heteroatoms. The van der Waals surface area contributed by atoms with E-state index in [0.29, 0.717) is 24.1 Å². The van der Waals surface area contributed by atoms with Crippen molar-refractivity contribution in [2.45, 2.75) is 31.0 Å². The van der Waals surface area contributed by atoms with Crippen molar-refractivity contribution in [2.24, 2.45) is 14.1 Å². The number of rotatable bonds is 2. The normalized spacial score (nSPS) is 23.5. The molecular weight excluding hydrogens is 318 g/mol. The van der Waals surface area contributed by atoms with Crippen molar-refractivity contribution in [3.8, 4) is 0 Å². The standard InChI is InChI=1S/C15H21N3O4S/c1-10-8-18(9-11(2)22-10)23(20,21)12-5-6-13-14(7-12)17(4)15(19)16(13)3/h5-7,10-11H,8-9H2,1-4H3/t10-,11-/m0/s1. The Morgan fingerprint density at radius 2 is 1.61 bits per heavy atom. The molecule has 0 spiro atoms. The van der Waals surface area contributed by atoms with Crippen molar-refractivity contribution in [1.82, 2.24) is 13.4 Å². The van der Waals surface area contributed by atoms with Crippen LogP contribution in [-0.2, 0) is 28.9 Å². The Morgan fingerprint density at radius 3 is 2.22 bits per heavy atom. The first-order chi connectivity index (χ1) is 10.7. The third-order valence-electron chi connectivity index (χ3n) is 4.27. The number of nitrogens with zero attached hydrogens (tertiary/aromatic N) is 3. The molecule has 0 amide bonds. The van der Waals surface area contributed by atoms with Crippen molar-refractivity contribution < 1.29 is 13.2 Å². The van der Waals surface area contributed by atoms with Crippen LogP contribution in [0.15, 0.2) is 27.9 Å². The van der Waals surface area contributed by atoms with Crippen LogP contribution in [0.4, 0.5) is 0 Å². The average molecular weight is 339 g/mol. The highest BCUT2D eigenvalue weighted by atomic mass is 32.2. The molecule has 1 aliphatic rings. The van der Waals surface area contributed by atoms with Gasteiger partial charge in [-0.3, -0.25) is 9.13 Å². The lowest BCUT2D eigenvalue weighted by molar-refractivity contribution is -0.0440. The topological polar surface area (TPSA) is 73.5 Å². The summed E-state index contributed by atoms with van der Waals surface area (Å²) in [6.45, 7) is 4.39. The van der Waals surface area contributed by atoms with E-state index < -0.39 is 10.0 Å². The summed E-state index contributed by atoms with van der Waals surface area (Å²) >= 11 is 0. The zero-order valence-electron chi connectivity index (χ0n) is 13.7. The molecule has 0 saturated carbocycles. The number of ether oxygens (including phenoxy) is 1. The number of aromatic nitrogens is 2. The quantitative estimate of drug-likeness (QED) is 0.806. The number of sulfonamides is 1. The first-order valence-electron chi connectivity index (χ1n) is 7.53. The van der Waals surface area contributed by atoms with Gasteiger partial charge in [0.1, 0.15) is 0 Å². The molecule has 0 bridgehead atoms. The van der Waals surface area contributed by atoms with Gasteiger partial charge in [0, 0.05) is 27.2 Å². The van der Waals surface area contributed by atoms with Gasteiger partial charge in [-0.25, -0.2) is 13.2 Å². The van der Waals surface area contributed by atoms with Gasteiger partial charge in [0.15, 0.2) is 0 Å². The van der Waals surface area contributed by atoms with Crippen molar-refractivity contribution in [2.75, 3.05) is 13.1 Å². The fourth-order valence-electron chi connectivity index (χ4n) is 3.12. The second kappa shape index (κ2) is 5.47. The molecule has 2 heterocycles. The predicted molar refractivity (Wildman–Crippen MR) is 86.9 cm³/mol. The molecule has 1 aromatic heterocycles. The van der Waals surface area contributed by atoms with Gasteiger partial charge in [-0.15, -0.1) is 0 Å². The van der Waals surface area contributed by atoms with E-state index in [1.807, 2.05) is 13.8 Å². The van der Waals surface area contributed by atoms with E-state index in [0.717, 1.165) is 0 Å². The second-order valence-corrected chi connectivity index (χ2v) is 8.07. The fourth-order valence-corrected chi connectivity index (χ4v) is 4.73. The lowest BCUT2D eigenvalue weighted by atomic mass is 10.3. The zero-order valence-corrected chi connectivity index (χ0v) is 14.5. The van der Waals surface area contributed by atoms with Gasteiger partial charge in [-0.1, -0.05) is 0 Å². The highest BCUT2D eigenvalue weighted by Crippen LogP contribution is 2.24. The van der Waals surface area contributed by atoms with Gasteiger partial charge < -0.3 is 4.74 Å². The summed E-state index contributed by atoms with van der Waals surface area (Å²) in [5, 5.41) is 0. The monoisotopic (exact) mass is 339 g/mol. The van der Waals surface area contributed by atoms with Crippen molar-refractivity contribution in [3.05, 3.63) is 28.7 Å². The molecule has 1 fully saturated rings. The van der Waals surface area contributed by atoms with Gasteiger partial charge in [-0.2, -0.15) is 4.31 Å². The summed E-state index contributed by atoms with van der Waals surface area (Å²) in [7, 11) is -0.301. The summed E-state index contributed by atoms with van der Waals surface area (Å²) in [6.07, 6.45) is -0.281. The molecule has 1 aliphatic heterocycles. The maximum Gasteiger partial charge on any atom is 0.328 e. The van der Waals surface area contributed by atoms with Crippen LogP contribution in [0.25, 0.3) is 11.0 Å². The molecule has 0 radical (unpaired) electrons. The molecule has 126 valence electrons. The van der Waals surface area contributed by atoms with Gasteiger partial charge in [-0.05, 0) is 32.0 Å². The van der Waals surface area contributed by atoms with Gasteiger partial charge in [0.05, 0.1) is 28.1 Å². The number of aryl methyl sites for hydroxylation is 2. The summed E-state index contributed by atoms with van der Waals surface area (Å²) in [5.74, 6) is 0. The minimum atomic E-state index is -3.61. The van der Waals surface area contributed by atoms with E-state index >= 15 is 0 Å². The van der Waals surface area contributed by atoms with E-state index in [2.05, 4.69) is 0 Å². The molecule has 2 aromatic rings. The van der Waals surface area contributed by atoms with E-state index in [1.54, 1.807) is 32.3 Å². The molecule has 7 nitrogen and oxygen atoms in total. The average Bonchev–Trinajstić information content (AvgIpc) is 2.71. The highest BCUT2D eigenvalue weighted by Gasteiger charge is 2.32. The Hall–Kier alpha value is -1.64. The molecular formula is C15H21N3O4S. The maximum absolute atomic E-state index is 12.9. The number of morpholine rings is 1. The first kappa shape index (κ1) is 16.2. The lowest BCUT2D eigenvalue weighted by Gasteiger charge is -2.34. The second-order valence-electron chi connectivity index (χ2n) is 6.13. The van der Waals surface area contributed by atoms with Crippen LogP contribution in [0.3, 0.4) is 0 Å². The minimum absolute atomic E-state index is 0.140. The van der Waals surface area contributed by atoms with E-state index in [1.165, 1.54) is 13.4 Å². The van der Waals surface area contributed by atoms with Crippen LogP contribution in [0, 0.1) is 0 Å². The molecule has 0 N–H and O–H groups in total. The number of benzene rings is 1. The first-order valence-corrected chi connectivity index (χ1v) is 8.97. The predicted octanol–water partition coefficient (Wildman–Crippen LogP) is 0.675. The van der Waals surface area contributed by atoms with Crippen LogP contribution >= 0.6 is 0 Å². The number of fused-ring (bicyclic) bond motifs is 1. The van der Waals surface area contributed by atoms with E-state index in [-0.39, 0.29) is 22.8 Å². The Morgan fingerprint density at radius 1 is 1.04 bits per heavy atom. The van der Waals surface area contributed by atoms with Crippen LogP contribution < -0.4 is 5.69 Å². The summed E-state index contributed by atoms with van der Waals surface area (Å²) in [4.78, 5) is 12.2. The van der Waals surface area contributed by atoms with Gasteiger partial charge >= 0.3 is 5.69 Å². The molecule has 23 heavy (non-hydrogen) atoms. The Kier molecular flexibility index (Phi) is 3.86. The largest absolute Gasteiger partial charge is 0.373 e. The Balaban J connectivity index is 2.08. The number of hydrogen-bond donors (Lipinski definition) is 0. The van der Waals surface area contributed by atoms with Crippen LogP contribution in [0.1, 0.15) is 13.8 Å². The van der Waals surface area contributed by atoms with E-state index in [9.17, 15) is 13.2 Å². The van der Waals surface area contributed by atoms with Crippen LogP contribution in [-0.4, -0.2) is 47.2 Å². The number of hydrogen-bond acceptors (Lipinski definition) is 4. The molecule has 3 rings (SSSR count). The van der Waals surface area contributed by atoms with Crippen molar-refractivity contribution in [1.29, 1.82) is 0 Å². The van der Waals surface area contributed by atoms with Crippen LogP contribution in [0.5, 0.6) is 0 Å². The molecule has 1 saturated heterocycles. The summed E-state index contributed by atoms with van der Waals surface area (Å²) in [6, 6.07) is 4.80. The molecule has 0 unspecified atom stereocenters. The highest BCUT2D eigenvalue weighted by molar-refractivity contribution is 7.89. The van der Waals surface area contributed by atoms with Gasteiger partial charge in [0.2, 0.25) is 10.0 Å². The van der Waals surface area contributed by atoms with E-state index in [4.69, 9.17) is 4.74 Å². The SMILES string of the molecule is C[C@H]1CN(S(=O)(=O)c2ccc3c(c2)n(C)c(=O)n3C)C[C@H](C)O1. The number of imidazole rings is 1. The lowest BCUT2D eigenvalue weighted by Crippen LogP contribution is -2.48. The molecule has 2 atom stereocenters. The molecule has 1 aromatic carbocycles. The Bertz CT molecular complexity index is 903. The Labute approximate surface area is 135 Å². The van der Waals surface area contributed by atoms with Gasteiger partial charge in [0.25, 0.3) is 0 Å². The summed E-state index contributed by atoms with van der Waals surface area (Å²) < 4.78 is 35.8. The minimum Gasteiger partial charge on any atom is -0.373 e. The fraction of sp³-hybridized carbons (Fsp3) is 0.533. The van der Waals surface area contributed by atoms with Crippen molar-refractivity contribution in [3.63, 3.8) is 0 Å². The third-order valence-corrected chi connectivity index (χ3v) is 6.09. The summed E-state index contributed by atoms with van der Waals surface area (Å²) in [5.41, 5.74) is 1.14. The maximum atomic E-state index is 12.9. The molecule has 0 aliphatic carbocycles.